The van der Waals surface area contributed by atoms with Crippen molar-refractivity contribution in [1.82, 2.24) is 9.80 Å². The van der Waals surface area contributed by atoms with Gasteiger partial charge in [-0.2, -0.15) is 4.99 Å². The van der Waals surface area contributed by atoms with Gasteiger partial charge in [-0.1, -0.05) is 12.1 Å². The van der Waals surface area contributed by atoms with Crippen molar-refractivity contribution in [2.45, 2.75) is 0 Å². The lowest BCUT2D eigenvalue weighted by Gasteiger charge is -2.32. The van der Waals surface area contributed by atoms with E-state index < -0.39 is 5.82 Å². The van der Waals surface area contributed by atoms with Crippen molar-refractivity contribution in [1.29, 1.82) is 0 Å². The predicted molar refractivity (Wildman–Crippen MR) is 85.6 cm³/mol. The Hall–Kier alpha value is -1.86. The second-order valence-corrected chi connectivity index (χ2v) is 4.68. The van der Waals surface area contributed by atoms with Gasteiger partial charge in [-0.25, -0.2) is 9.38 Å². The van der Waals surface area contributed by atoms with Gasteiger partial charge in [0.25, 0.3) is 0 Å². The highest BCUT2D eigenvalue weighted by Gasteiger charge is 2.15. The number of hydrogen-bond acceptors (Lipinski definition) is 2. The molecule has 0 amide bonds. The summed E-state index contributed by atoms with van der Waals surface area (Å²) in [5, 5.41) is 0. The molecule has 0 atom stereocenters. The molecule has 1 aliphatic rings. The number of guanidine groups is 2. The van der Waals surface area contributed by atoms with E-state index in [1.54, 1.807) is 12.1 Å². The summed E-state index contributed by atoms with van der Waals surface area (Å²) in [6.07, 6.45) is 0. The van der Waals surface area contributed by atoms with E-state index in [0.717, 1.165) is 26.2 Å². The Morgan fingerprint density at radius 2 is 1.76 bits per heavy atom. The standard InChI is InChI=1S/C13H19FN6.ClH/c1-19-6-8-20(9-7-19)13(16)18-12(15)17-11-5-3-2-4-10(11)14;/h2-5H,6-9H2,1H3,(H4,15,16,17,18);1H. The third-order valence-corrected chi connectivity index (χ3v) is 3.14. The van der Waals surface area contributed by atoms with Crippen molar-refractivity contribution in [3.8, 4) is 0 Å². The third-order valence-electron chi connectivity index (χ3n) is 3.14. The molecule has 2 rings (SSSR count). The average Bonchev–Trinajstić information content (AvgIpc) is 2.42. The zero-order valence-corrected chi connectivity index (χ0v) is 12.7. The first kappa shape index (κ1) is 17.2. The monoisotopic (exact) mass is 314 g/mol. The van der Waals surface area contributed by atoms with Gasteiger partial charge in [0.05, 0.1) is 0 Å². The summed E-state index contributed by atoms with van der Waals surface area (Å²) in [7, 11) is 2.05. The van der Waals surface area contributed by atoms with Gasteiger partial charge < -0.3 is 21.3 Å². The lowest BCUT2D eigenvalue weighted by Crippen LogP contribution is -2.50. The van der Waals surface area contributed by atoms with Crippen molar-refractivity contribution in [3.05, 3.63) is 30.1 Å². The number of nitrogens with two attached hydrogens (primary N) is 2. The van der Waals surface area contributed by atoms with Crippen LogP contribution in [0.25, 0.3) is 0 Å². The fourth-order valence-corrected chi connectivity index (χ4v) is 1.91. The van der Waals surface area contributed by atoms with Crippen LogP contribution in [0, 0.1) is 5.82 Å². The number of likely N-dealkylation sites (N-methyl/N-ethyl adjacent to an activating group) is 1. The highest BCUT2D eigenvalue weighted by Crippen LogP contribution is 2.16. The van der Waals surface area contributed by atoms with Crippen LogP contribution in [0.15, 0.2) is 34.3 Å². The Morgan fingerprint density at radius 1 is 1.14 bits per heavy atom. The number of hydrogen-bond donors (Lipinski definition) is 2. The van der Waals surface area contributed by atoms with E-state index in [1.807, 2.05) is 4.90 Å². The molecule has 0 spiro atoms. The summed E-state index contributed by atoms with van der Waals surface area (Å²) >= 11 is 0. The van der Waals surface area contributed by atoms with E-state index in [2.05, 4.69) is 21.9 Å². The van der Waals surface area contributed by atoms with Crippen LogP contribution >= 0.6 is 12.4 Å². The van der Waals surface area contributed by atoms with Gasteiger partial charge in [-0.3, -0.25) is 0 Å². The molecule has 0 bridgehead atoms. The van der Waals surface area contributed by atoms with Crippen LogP contribution in [-0.2, 0) is 0 Å². The second kappa shape index (κ2) is 7.80. The van der Waals surface area contributed by atoms with Crippen molar-refractivity contribution < 1.29 is 4.39 Å². The van der Waals surface area contributed by atoms with Crippen LogP contribution in [-0.4, -0.2) is 54.9 Å². The molecule has 0 unspecified atom stereocenters. The smallest absolute Gasteiger partial charge is 0.223 e. The molecule has 1 aromatic rings. The van der Waals surface area contributed by atoms with Crippen LogP contribution in [0.1, 0.15) is 0 Å². The van der Waals surface area contributed by atoms with Crippen LogP contribution in [0.4, 0.5) is 10.1 Å². The van der Waals surface area contributed by atoms with Crippen molar-refractivity contribution in [3.63, 3.8) is 0 Å². The van der Waals surface area contributed by atoms with E-state index in [1.165, 1.54) is 12.1 Å². The summed E-state index contributed by atoms with van der Waals surface area (Å²) in [5.41, 5.74) is 11.7. The van der Waals surface area contributed by atoms with Crippen LogP contribution in [0.3, 0.4) is 0 Å². The van der Waals surface area contributed by atoms with Crippen molar-refractivity contribution in [2.75, 3.05) is 33.2 Å². The molecule has 116 valence electrons. The molecule has 1 fully saturated rings. The van der Waals surface area contributed by atoms with Gasteiger partial charge in [-0.05, 0) is 19.2 Å². The Bertz CT molecular complexity index is 525. The Labute approximate surface area is 129 Å². The number of nitrogens with zero attached hydrogens (tertiary/aromatic N) is 4. The first-order chi connectivity index (χ1) is 9.56. The quantitative estimate of drug-likeness (QED) is 0.592. The van der Waals surface area contributed by atoms with Gasteiger partial charge >= 0.3 is 0 Å². The summed E-state index contributed by atoms with van der Waals surface area (Å²) in [4.78, 5) is 12.1. The van der Waals surface area contributed by atoms with Gasteiger partial charge in [0.1, 0.15) is 11.5 Å². The normalized spacial score (nSPS) is 17.5. The van der Waals surface area contributed by atoms with Crippen LogP contribution in [0.5, 0.6) is 0 Å². The lowest BCUT2D eigenvalue weighted by atomic mass is 10.3. The van der Waals surface area contributed by atoms with Crippen molar-refractivity contribution in [2.24, 2.45) is 21.5 Å². The number of benzene rings is 1. The highest BCUT2D eigenvalue weighted by molar-refractivity contribution is 5.94. The minimum atomic E-state index is -0.441. The van der Waals surface area contributed by atoms with Crippen LogP contribution in [0.2, 0.25) is 0 Å². The van der Waals surface area contributed by atoms with E-state index in [9.17, 15) is 4.39 Å². The Morgan fingerprint density at radius 3 is 2.38 bits per heavy atom. The zero-order chi connectivity index (χ0) is 14.5. The maximum absolute atomic E-state index is 13.4. The largest absolute Gasteiger partial charge is 0.369 e. The van der Waals surface area contributed by atoms with E-state index in [0.29, 0.717) is 5.96 Å². The number of halogens is 2. The molecule has 0 aliphatic carbocycles. The molecule has 1 saturated heterocycles. The molecule has 0 aromatic heterocycles. The third kappa shape index (κ3) is 4.87. The number of rotatable bonds is 1. The van der Waals surface area contributed by atoms with E-state index >= 15 is 0 Å². The number of piperazine rings is 1. The average molecular weight is 315 g/mol. The molecule has 8 heteroatoms. The topological polar surface area (TPSA) is 83.2 Å². The summed E-state index contributed by atoms with van der Waals surface area (Å²) in [6, 6.07) is 6.12. The maximum Gasteiger partial charge on any atom is 0.223 e. The molecular formula is C13H20ClFN6. The zero-order valence-electron chi connectivity index (χ0n) is 11.9. The molecule has 1 aliphatic heterocycles. The summed E-state index contributed by atoms with van der Waals surface area (Å²) in [6.45, 7) is 3.42. The molecule has 0 saturated carbocycles. The van der Waals surface area contributed by atoms with E-state index in [-0.39, 0.29) is 24.1 Å². The van der Waals surface area contributed by atoms with Gasteiger partial charge in [-0.15, -0.1) is 12.4 Å². The minimum Gasteiger partial charge on any atom is -0.369 e. The van der Waals surface area contributed by atoms with Gasteiger partial charge in [0.2, 0.25) is 5.96 Å². The fraction of sp³-hybridized carbons (Fsp3) is 0.385. The maximum atomic E-state index is 13.4. The second-order valence-electron chi connectivity index (χ2n) is 4.68. The highest BCUT2D eigenvalue weighted by atomic mass is 35.5. The number of para-hydroxylation sites is 1. The molecule has 1 heterocycles. The van der Waals surface area contributed by atoms with Crippen molar-refractivity contribution >= 4 is 30.0 Å². The number of aliphatic imine (C=N–C) groups is 2. The molecule has 1 aromatic carbocycles. The molecule has 21 heavy (non-hydrogen) atoms. The summed E-state index contributed by atoms with van der Waals surface area (Å²) < 4.78 is 13.4. The molecule has 4 N–H and O–H groups in total. The van der Waals surface area contributed by atoms with Gasteiger partial charge in [0, 0.05) is 26.2 Å². The van der Waals surface area contributed by atoms with Gasteiger partial charge in [0.15, 0.2) is 5.96 Å². The first-order valence-corrected chi connectivity index (χ1v) is 6.42. The first-order valence-electron chi connectivity index (χ1n) is 6.42. The molecule has 0 radical (unpaired) electrons. The molecular weight excluding hydrogens is 295 g/mol. The van der Waals surface area contributed by atoms with E-state index in [4.69, 9.17) is 11.5 Å². The predicted octanol–water partition coefficient (Wildman–Crippen LogP) is 0.756. The SMILES string of the molecule is CN1CCN(C(N)=NC(N)=Nc2ccccc2F)CC1.Cl. The minimum absolute atomic E-state index is 0. The molecule has 6 nitrogen and oxygen atoms in total. The fourth-order valence-electron chi connectivity index (χ4n) is 1.91. The Kier molecular flexibility index (Phi) is 6.39. The Balaban J connectivity index is 0.00000220. The summed E-state index contributed by atoms with van der Waals surface area (Å²) in [5.74, 6) is -0.175. The lowest BCUT2D eigenvalue weighted by molar-refractivity contribution is 0.214. The van der Waals surface area contributed by atoms with Crippen LogP contribution < -0.4 is 11.5 Å².